The molecule has 0 radical (unpaired) electrons. The molecule has 4 rings (SSSR count). The Hall–Kier alpha value is -1.89. The van der Waals surface area contributed by atoms with Gasteiger partial charge in [0.25, 0.3) is 5.56 Å². The van der Waals surface area contributed by atoms with Gasteiger partial charge in [-0.2, -0.15) is 9.78 Å². The van der Waals surface area contributed by atoms with Crippen LogP contribution in [-0.4, -0.2) is 48.3 Å². The zero-order valence-electron chi connectivity index (χ0n) is 13.9. The Morgan fingerprint density at radius 1 is 1.12 bits per heavy atom. The van der Waals surface area contributed by atoms with Crippen LogP contribution >= 0.6 is 11.6 Å². The standard InChI is InChI=1S/C18H20ClN3O3/c19-16-15(12-20-22(17(16)23)14-4-2-1-3-5-14)21-8-11-25-18(13-21)6-9-24-10-7-18/h1-5,12H,6-11,13H2. The van der Waals surface area contributed by atoms with Crippen LogP contribution in [0.2, 0.25) is 5.02 Å². The van der Waals surface area contributed by atoms with Crippen LogP contribution in [0.3, 0.4) is 0 Å². The fourth-order valence-corrected chi connectivity index (χ4v) is 3.74. The molecule has 132 valence electrons. The summed E-state index contributed by atoms with van der Waals surface area (Å²) in [6, 6.07) is 9.28. The third-order valence-corrected chi connectivity index (χ3v) is 5.25. The van der Waals surface area contributed by atoms with Gasteiger partial charge in [0.1, 0.15) is 5.02 Å². The Labute approximate surface area is 150 Å². The van der Waals surface area contributed by atoms with E-state index in [4.69, 9.17) is 21.1 Å². The third kappa shape index (κ3) is 3.17. The van der Waals surface area contributed by atoms with Gasteiger partial charge in [0.05, 0.1) is 29.8 Å². The highest BCUT2D eigenvalue weighted by atomic mass is 35.5. The molecule has 0 unspecified atom stereocenters. The minimum Gasteiger partial charge on any atom is -0.381 e. The molecule has 6 nitrogen and oxygen atoms in total. The summed E-state index contributed by atoms with van der Waals surface area (Å²) in [5.74, 6) is 0. The second-order valence-electron chi connectivity index (χ2n) is 6.46. The molecule has 0 atom stereocenters. The molecule has 2 fully saturated rings. The normalized spacial score (nSPS) is 20.0. The van der Waals surface area contributed by atoms with E-state index >= 15 is 0 Å². The Balaban J connectivity index is 1.65. The summed E-state index contributed by atoms with van der Waals surface area (Å²) >= 11 is 6.43. The number of hydrogen-bond donors (Lipinski definition) is 0. The Bertz CT molecular complexity index is 797. The lowest BCUT2D eigenvalue weighted by Crippen LogP contribution is -2.54. The molecule has 1 aromatic heterocycles. The van der Waals surface area contributed by atoms with Crippen molar-refractivity contribution in [3.05, 3.63) is 51.9 Å². The van der Waals surface area contributed by atoms with E-state index in [-0.39, 0.29) is 16.2 Å². The number of halogens is 1. The summed E-state index contributed by atoms with van der Waals surface area (Å²) < 4.78 is 12.8. The van der Waals surface area contributed by atoms with Crippen molar-refractivity contribution in [2.45, 2.75) is 18.4 Å². The molecule has 25 heavy (non-hydrogen) atoms. The van der Waals surface area contributed by atoms with Gasteiger partial charge < -0.3 is 14.4 Å². The Morgan fingerprint density at radius 3 is 2.64 bits per heavy atom. The Kier molecular flexibility index (Phi) is 4.50. The molecule has 2 aliphatic heterocycles. The number of rotatable bonds is 2. The minimum absolute atomic E-state index is 0.197. The molecular formula is C18H20ClN3O3. The smallest absolute Gasteiger partial charge is 0.292 e. The maximum absolute atomic E-state index is 12.7. The van der Waals surface area contributed by atoms with Gasteiger partial charge in [0.15, 0.2) is 0 Å². The molecule has 0 bridgehead atoms. The first-order valence-corrected chi connectivity index (χ1v) is 8.86. The average molecular weight is 362 g/mol. The van der Waals surface area contributed by atoms with E-state index in [1.807, 2.05) is 30.3 Å². The van der Waals surface area contributed by atoms with Crippen molar-refractivity contribution in [2.24, 2.45) is 0 Å². The van der Waals surface area contributed by atoms with Crippen LogP contribution in [0.4, 0.5) is 5.69 Å². The van der Waals surface area contributed by atoms with Crippen LogP contribution in [0.25, 0.3) is 5.69 Å². The summed E-state index contributed by atoms with van der Waals surface area (Å²) in [5.41, 5.74) is 0.850. The maximum atomic E-state index is 12.7. The van der Waals surface area contributed by atoms with E-state index in [1.165, 1.54) is 4.68 Å². The fraction of sp³-hybridized carbons (Fsp3) is 0.444. The summed E-state index contributed by atoms with van der Waals surface area (Å²) in [4.78, 5) is 14.8. The second kappa shape index (κ2) is 6.78. The lowest BCUT2D eigenvalue weighted by Gasteiger charge is -2.45. The van der Waals surface area contributed by atoms with Crippen LogP contribution in [0, 0.1) is 0 Å². The molecule has 7 heteroatoms. The molecule has 2 aliphatic rings. The summed E-state index contributed by atoms with van der Waals surface area (Å²) in [6.07, 6.45) is 3.39. The third-order valence-electron chi connectivity index (χ3n) is 4.89. The van der Waals surface area contributed by atoms with Crippen LogP contribution in [0.1, 0.15) is 12.8 Å². The lowest BCUT2D eigenvalue weighted by atomic mass is 9.92. The molecule has 2 saturated heterocycles. The van der Waals surface area contributed by atoms with Gasteiger partial charge in [-0.3, -0.25) is 4.79 Å². The molecule has 0 amide bonds. The van der Waals surface area contributed by atoms with E-state index in [2.05, 4.69) is 10.00 Å². The molecule has 1 aromatic carbocycles. The molecule has 3 heterocycles. The second-order valence-corrected chi connectivity index (χ2v) is 6.84. The predicted molar refractivity (Wildman–Crippen MR) is 95.8 cm³/mol. The van der Waals surface area contributed by atoms with Crippen LogP contribution in [0.15, 0.2) is 41.3 Å². The van der Waals surface area contributed by atoms with Crippen molar-refractivity contribution in [3.63, 3.8) is 0 Å². The number of anilines is 1. The van der Waals surface area contributed by atoms with Gasteiger partial charge in [0, 0.05) is 39.1 Å². The van der Waals surface area contributed by atoms with Crippen LogP contribution < -0.4 is 10.5 Å². The number of aromatic nitrogens is 2. The SMILES string of the molecule is O=c1c(Cl)c(N2CCOC3(CCOCC3)C2)cnn1-c1ccccc1. The number of benzene rings is 1. The Morgan fingerprint density at radius 2 is 1.88 bits per heavy atom. The molecule has 0 aliphatic carbocycles. The number of nitrogens with zero attached hydrogens (tertiary/aromatic N) is 3. The molecule has 2 aromatic rings. The lowest BCUT2D eigenvalue weighted by molar-refractivity contribution is -0.116. The van der Waals surface area contributed by atoms with Crippen molar-refractivity contribution in [2.75, 3.05) is 37.8 Å². The first-order valence-electron chi connectivity index (χ1n) is 8.48. The molecule has 0 N–H and O–H groups in total. The monoisotopic (exact) mass is 361 g/mol. The van der Waals surface area contributed by atoms with Crippen molar-refractivity contribution in [3.8, 4) is 5.69 Å². The number of para-hydroxylation sites is 1. The van der Waals surface area contributed by atoms with Crippen molar-refractivity contribution < 1.29 is 9.47 Å². The van der Waals surface area contributed by atoms with Gasteiger partial charge in [-0.05, 0) is 12.1 Å². The first-order chi connectivity index (χ1) is 12.2. The molecular weight excluding hydrogens is 342 g/mol. The van der Waals surface area contributed by atoms with E-state index in [0.29, 0.717) is 44.3 Å². The highest BCUT2D eigenvalue weighted by Gasteiger charge is 2.39. The topological polar surface area (TPSA) is 56.6 Å². The highest BCUT2D eigenvalue weighted by Crippen LogP contribution is 2.33. The average Bonchev–Trinajstić information content (AvgIpc) is 2.65. The quantitative estimate of drug-likeness (QED) is 0.821. The predicted octanol–water partition coefficient (Wildman–Crippen LogP) is 2.27. The van der Waals surface area contributed by atoms with Crippen LogP contribution in [0.5, 0.6) is 0 Å². The van der Waals surface area contributed by atoms with E-state index in [0.717, 1.165) is 12.8 Å². The minimum atomic E-state index is -0.308. The van der Waals surface area contributed by atoms with Crippen molar-refractivity contribution >= 4 is 17.3 Å². The maximum Gasteiger partial charge on any atom is 0.292 e. The zero-order valence-corrected chi connectivity index (χ0v) is 14.6. The van der Waals surface area contributed by atoms with Gasteiger partial charge in [-0.1, -0.05) is 29.8 Å². The molecule has 0 saturated carbocycles. The van der Waals surface area contributed by atoms with Gasteiger partial charge in [0.2, 0.25) is 0 Å². The van der Waals surface area contributed by atoms with E-state index < -0.39 is 0 Å². The first kappa shape index (κ1) is 16.6. The summed E-state index contributed by atoms with van der Waals surface area (Å²) in [7, 11) is 0. The molecule has 1 spiro atoms. The zero-order chi connectivity index (χ0) is 17.3. The van der Waals surface area contributed by atoms with Gasteiger partial charge in [-0.15, -0.1) is 0 Å². The highest BCUT2D eigenvalue weighted by molar-refractivity contribution is 6.33. The van der Waals surface area contributed by atoms with E-state index in [1.54, 1.807) is 6.20 Å². The largest absolute Gasteiger partial charge is 0.381 e. The summed E-state index contributed by atoms with van der Waals surface area (Å²) in [6.45, 7) is 3.41. The number of ether oxygens (including phenoxy) is 2. The fourth-order valence-electron chi connectivity index (χ4n) is 3.49. The van der Waals surface area contributed by atoms with Gasteiger partial charge >= 0.3 is 0 Å². The number of morpholine rings is 1. The number of hydrogen-bond acceptors (Lipinski definition) is 5. The van der Waals surface area contributed by atoms with Gasteiger partial charge in [-0.25, -0.2) is 0 Å². The summed E-state index contributed by atoms with van der Waals surface area (Å²) in [5, 5.41) is 4.53. The van der Waals surface area contributed by atoms with Crippen molar-refractivity contribution in [1.82, 2.24) is 9.78 Å². The van der Waals surface area contributed by atoms with Crippen LogP contribution in [-0.2, 0) is 9.47 Å². The van der Waals surface area contributed by atoms with Crippen molar-refractivity contribution in [1.29, 1.82) is 0 Å². The van der Waals surface area contributed by atoms with E-state index in [9.17, 15) is 4.79 Å².